The molecule has 0 bridgehead atoms. The Kier molecular flexibility index (Phi) is 4.86. The van der Waals surface area contributed by atoms with Gasteiger partial charge in [0.1, 0.15) is 12.4 Å². The van der Waals surface area contributed by atoms with Gasteiger partial charge in [-0.15, -0.1) is 0 Å². The van der Waals surface area contributed by atoms with Crippen molar-refractivity contribution in [2.75, 3.05) is 0 Å². The van der Waals surface area contributed by atoms with E-state index in [0.29, 0.717) is 19.4 Å². The van der Waals surface area contributed by atoms with Gasteiger partial charge in [-0.2, -0.15) is 0 Å². The average molecular weight is 320 g/mol. The minimum atomic E-state index is -0.755. The first-order valence-corrected chi connectivity index (χ1v) is 8.58. The Balaban J connectivity index is 1.86. The van der Waals surface area contributed by atoms with E-state index in [-0.39, 0.29) is 0 Å². The van der Waals surface area contributed by atoms with Crippen LogP contribution in [0.25, 0.3) is 10.8 Å². The number of fused-ring (bicyclic) bond motifs is 1. The van der Waals surface area contributed by atoms with Crippen molar-refractivity contribution in [3.05, 3.63) is 77.9 Å². The van der Waals surface area contributed by atoms with Crippen LogP contribution in [0.15, 0.2) is 66.7 Å². The van der Waals surface area contributed by atoms with Crippen molar-refractivity contribution in [3.63, 3.8) is 0 Å². The maximum absolute atomic E-state index is 10.7. The van der Waals surface area contributed by atoms with Crippen molar-refractivity contribution < 1.29 is 9.84 Å². The molecule has 3 aromatic rings. The third-order valence-electron chi connectivity index (χ3n) is 4.77. The minimum Gasteiger partial charge on any atom is -0.489 e. The van der Waals surface area contributed by atoms with E-state index in [1.165, 1.54) is 0 Å². The summed E-state index contributed by atoms with van der Waals surface area (Å²) in [6.07, 6.45) is 1.42. The number of hydrogen-bond acceptors (Lipinski definition) is 2. The highest BCUT2D eigenvalue weighted by Crippen LogP contribution is 2.32. The molecule has 0 aliphatic carbocycles. The molecule has 0 aliphatic heterocycles. The number of ether oxygens (including phenoxy) is 1. The lowest BCUT2D eigenvalue weighted by Crippen LogP contribution is -2.23. The van der Waals surface area contributed by atoms with Crippen LogP contribution in [-0.2, 0) is 12.2 Å². The van der Waals surface area contributed by atoms with Gasteiger partial charge in [0.25, 0.3) is 0 Å². The Morgan fingerprint density at radius 3 is 2.25 bits per heavy atom. The maximum atomic E-state index is 10.7. The minimum absolute atomic E-state index is 0.555. The molecule has 0 saturated carbocycles. The summed E-state index contributed by atoms with van der Waals surface area (Å²) < 4.78 is 5.92. The van der Waals surface area contributed by atoms with E-state index in [9.17, 15) is 5.11 Å². The van der Waals surface area contributed by atoms with Gasteiger partial charge in [-0.05, 0) is 52.9 Å². The zero-order valence-electron chi connectivity index (χ0n) is 14.3. The van der Waals surface area contributed by atoms with E-state index in [1.807, 2.05) is 50.2 Å². The zero-order chi connectivity index (χ0) is 17.0. The van der Waals surface area contributed by atoms with Crippen molar-refractivity contribution in [1.82, 2.24) is 0 Å². The highest BCUT2D eigenvalue weighted by atomic mass is 16.5. The van der Waals surface area contributed by atoms with Crippen molar-refractivity contribution in [2.45, 2.75) is 38.9 Å². The summed E-state index contributed by atoms with van der Waals surface area (Å²) in [6, 6.07) is 22.4. The summed E-state index contributed by atoms with van der Waals surface area (Å²) in [5.74, 6) is 0.847. The molecule has 0 amide bonds. The molecular weight excluding hydrogens is 296 g/mol. The van der Waals surface area contributed by atoms with Gasteiger partial charge in [0.05, 0.1) is 5.60 Å². The van der Waals surface area contributed by atoms with Crippen LogP contribution in [0.4, 0.5) is 0 Å². The molecule has 0 atom stereocenters. The molecule has 0 radical (unpaired) electrons. The summed E-state index contributed by atoms with van der Waals surface area (Å²) in [5.41, 5.74) is 1.37. The van der Waals surface area contributed by atoms with Crippen LogP contribution in [0.3, 0.4) is 0 Å². The molecule has 24 heavy (non-hydrogen) atoms. The molecule has 3 aromatic carbocycles. The van der Waals surface area contributed by atoms with Gasteiger partial charge in [-0.1, -0.05) is 62.4 Å². The first kappa shape index (κ1) is 16.5. The Hall–Kier alpha value is -2.32. The molecular formula is C22H24O2. The summed E-state index contributed by atoms with van der Waals surface area (Å²) in [4.78, 5) is 0. The van der Waals surface area contributed by atoms with E-state index in [2.05, 4.69) is 30.3 Å². The van der Waals surface area contributed by atoms with Crippen LogP contribution >= 0.6 is 0 Å². The average Bonchev–Trinajstić information content (AvgIpc) is 2.66. The van der Waals surface area contributed by atoms with E-state index in [1.54, 1.807) is 0 Å². The van der Waals surface area contributed by atoms with Crippen LogP contribution in [-0.4, -0.2) is 5.11 Å². The van der Waals surface area contributed by atoms with Crippen molar-refractivity contribution in [1.29, 1.82) is 0 Å². The van der Waals surface area contributed by atoms with Crippen LogP contribution in [0.5, 0.6) is 5.75 Å². The van der Waals surface area contributed by atoms with Gasteiger partial charge in [0.2, 0.25) is 0 Å². The molecule has 0 aromatic heterocycles. The lowest BCUT2D eigenvalue weighted by Gasteiger charge is -2.26. The Bertz CT molecular complexity index is 805. The first-order chi connectivity index (χ1) is 11.6. The van der Waals surface area contributed by atoms with Crippen molar-refractivity contribution >= 4 is 10.8 Å². The predicted octanol–water partition coefficient (Wildman–Crippen LogP) is 5.43. The van der Waals surface area contributed by atoms with Crippen molar-refractivity contribution in [3.8, 4) is 5.75 Å². The maximum Gasteiger partial charge on any atom is 0.120 e. The van der Waals surface area contributed by atoms with Gasteiger partial charge in [0, 0.05) is 0 Å². The van der Waals surface area contributed by atoms with Gasteiger partial charge in [-0.25, -0.2) is 0 Å². The monoisotopic (exact) mass is 320 g/mol. The van der Waals surface area contributed by atoms with Crippen molar-refractivity contribution in [2.24, 2.45) is 0 Å². The van der Waals surface area contributed by atoms with Crippen LogP contribution < -0.4 is 4.74 Å². The predicted molar refractivity (Wildman–Crippen MR) is 99.2 cm³/mol. The third kappa shape index (κ3) is 3.44. The van der Waals surface area contributed by atoms with E-state index < -0.39 is 5.60 Å². The number of rotatable bonds is 6. The largest absolute Gasteiger partial charge is 0.489 e. The van der Waals surface area contributed by atoms with E-state index >= 15 is 0 Å². The first-order valence-electron chi connectivity index (χ1n) is 8.58. The smallest absolute Gasteiger partial charge is 0.120 e. The summed E-state index contributed by atoms with van der Waals surface area (Å²) in [5, 5.41) is 13.0. The topological polar surface area (TPSA) is 29.5 Å². The Morgan fingerprint density at radius 1 is 0.833 bits per heavy atom. The Morgan fingerprint density at radius 2 is 1.54 bits per heavy atom. The quantitative estimate of drug-likeness (QED) is 0.656. The molecule has 0 saturated heterocycles. The molecule has 124 valence electrons. The normalized spacial score (nSPS) is 11.6. The summed E-state index contributed by atoms with van der Waals surface area (Å²) in [6.45, 7) is 4.60. The van der Waals surface area contributed by atoms with Crippen LogP contribution in [0.1, 0.15) is 37.8 Å². The van der Waals surface area contributed by atoms with E-state index in [4.69, 9.17) is 4.74 Å². The molecule has 0 unspecified atom stereocenters. The highest BCUT2D eigenvalue weighted by molar-refractivity contribution is 5.84. The fraction of sp³-hybridized carbons (Fsp3) is 0.273. The van der Waals surface area contributed by atoms with Crippen LogP contribution in [0.2, 0.25) is 0 Å². The number of aliphatic hydroxyl groups is 1. The summed E-state index contributed by atoms with van der Waals surface area (Å²) >= 11 is 0. The molecule has 3 rings (SSSR count). The van der Waals surface area contributed by atoms with Gasteiger partial charge >= 0.3 is 0 Å². The fourth-order valence-electron chi connectivity index (χ4n) is 3.00. The van der Waals surface area contributed by atoms with E-state index in [0.717, 1.165) is 27.6 Å². The molecule has 2 heteroatoms. The molecule has 0 spiro atoms. The second kappa shape index (κ2) is 7.06. The highest BCUT2D eigenvalue weighted by Gasteiger charge is 2.24. The second-order valence-electron chi connectivity index (χ2n) is 6.24. The molecule has 0 aliphatic rings. The Labute approximate surface area is 143 Å². The molecule has 0 heterocycles. The standard InChI is InChI=1S/C22H24O2/c1-3-22(23,4-2)20-12-10-18-11-13-21(15-19(18)14-20)24-16-17-8-6-5-7-9-17/h5-15,23H,3-4,16H2,1-2H3. The van der Waals surface area contributed by atoms with Gasteiger partial charge < -0.3 is 9.84 Å². The molecule has 0 fully saturated rings. The number of benzene rings is 3. The lowest BCUT2D eigenvalue weighted by atomic mass is 9.87. The molecule has 1 N–H and O–H groups in total. The number of hydrogen-bond donors (Lipinski definition) is 1. The fourth-order valence-corrected chi connectivity index (χ4v) is 3.00. The van der Waals surface area contributed by atoms with Crippen LogP contribution in [0, 0.1) is 0 Å². The second-order valence-corrected chi connectivity index (χ2v) is 6.24. The molecule has 2 nitrogen and oxygen atoms in total. The van der Waals surface area contributed by atoms with Gasteiger partial charge in [-0.3, -0.25) is 0 Å². The lowest BCUT2D eigenvalue weighted by molar-refractivity contribution is 0.0285. The third-order valence-corrected chi connectivity index (χ3v) is 4.77. The SMILES string of the molecule is CCC(O)(CC)c1ccc2ccc(OCc3ccccc3)cc2c1. The van der Waals surface area contributed by atoms with Gasteiger partial charge in [0.15, 0.2) is 0 Å². The zero-order valence-corrected chi connectivity index (χ0v) is 14.3. The summed E-state index contributed by atoms with van der Waals surface area (Å²) in [7, 11) is 0.